The van der Waals surface area contributed by atoms with Crippen LogP contribution < -0.4 is 26.4 Å². The van der Waals surface area contributed by atoms with Gasteiger partial charge in [0.05, 0.1) is 0 Å². The Balaban J connectivity index is 1.76. The number of likely N-dealkylation sites (tertiary alicyclic amines) is 1. The number of nitrogens with one attached hydrogen (secondary N) is 3. The predicted octanol–water partition coefficient (Wildman–Crippen LogP) is 3.85. The van der Waals surface area contributed by atoms with Crippen molar-refractivity contribution >= 4 is 29.7 Å². The number of amides is 5. The lowest BCUT2D eigenvalue weighted by Gasteiger charge is -2.31. The molecule has 0 bridgehead atoms. The van der Waals surface area contributed by atoms with E-state index in [-0.39, 0.29) is 24.2 Å². The maximum atomic E-state index is 13.8. The monoisotopic (exact) mass is 679 g/mol. The summed E-state index contributed by atoms with van der Waals surface area (Å²) in [5, 5.41) is 8.31. The Kier molecular flexibility index (Phi) is 14.0. The molecular formula is C37H53N5O7. The number of primary amides is 1. The second-order valence-corrected chi connectivity index (χ2v) is 14.3. The van der Waals surface area contributed by atoms with E-state index in [4.69, 9.17) is 15.2 Å². The van der Waals surface area contributed by atoms with Crippen LogP contribution in [-0.4, -0.2) is 70.9 Å². The van der Waals surface area contributed by atoms with Crippen molar-refractivity contribution in [1.82, 2.24) is 20.9 Å². The molecule has 2 aromatic rings. The number of ether oxygens (including phenoxy) is 2. The molecule has 12 heteroatoms. The minimum absolute atomic E-state index is 0.0495. The molecule has 0 radical (unpaired) electrons. The zero-order valence-electron chi connectivity index (χ0n) is 29.8. The normalized spacial score (nSPS) is 16.4. The molecule has 1 aliphatic rings. The Bertz CT molecular complexity index is 1420. The number of hydrogen-bond acceptors (Lipinski definition) is 7. The quantitative estimate of drug-likeness (QED) is 0.222. The average molecular weight is 680 g/mol. The van der Waals surface area contributed by atoms with Crippen molar-refractivity contribution in [2.45, 2.75) is 111 Å². The molecule has 1 fully saturated rings. The van der Waals surface area contributed by atoms with Gasteiger partial charge in [0.15, 0.2) is 0 Å². The summed E-state index contributed by atoms with van der Waals surface area (Å²) in [7, 11) is 0. The van der Waals surface area contributed by atoms with Crippen LogP contribution in [0.2, 0.25) is 0 Å². The molecule has 12 nitrogen and oxygen atoms in total. The highest BCUT2D eigenvalue weighted by Crippen LogP contribution is 2.21. The number of carbonyl (C=O) groups excluding carboxylic acids is 5. The van der Waals surface area contributed by atoms with Gasteiger partial charge in [-0.3, -0.25) is 19.2 Å². The molecule has 268 valence electrons. The Hall–Kier alpha value is -4.61. The van der Waals surface area contributed by atoms with Crippen LogP contribution in [0, 0.1) is 11.8 Å². The van der Waals surface area contributed by atoms with Crippen LogP contribution >= 0.6 is 0 Å². The Morgan fingerprint density at radius 3 is 2.08 bits per heavy atom. The van der Waals surface area contributed by atoms with Crippen molar-refractivity contribution in [3.05, 3.63) is 65.7 Å². The number of benzene rings is 2. The molecule has 49 heavy (non-hydrogen) atoms. The van der Waals surface area contributed by atoms with Crippen LogP contribution in [0.1, 0.15) is 78.9 Å². The first kappa shape index (κ1) is 38.8. The SMILES string of the molecule is CC(C)C[C@H](NC(=O)[C@H](NC(=O)[C@H](Cc1ccc(OCc2ccccc2)cc1)NC(=O)OC(C)(C)C)C(C)C)C(=O)N1CCC[C@H]1C(N)=O. The standard InChI is InChI=1S/C37H53N5O7/c1-23(2)20-29(35(46)42-19-11-14-30(42)32(38)43)39-34(45)31(24(3)4)41-33(44)28(40-36(47)49-37(5,6)7)21-25-15-17-27(18-16-25)48-22-26-12-9-8-10-13-26/h8-10,12-13,15-18,23-24,28-31H,11,14,19-22H2,1-7H3,(H2,38,43)(H,39,45)(H,40,47)(H,41,44)/t28-,29-,30-,31+/m0/s1. The van der Waals surface area contributed by atoms with E-state index < -0.39 is 53.6 Å². The number of rotatable bonds is 15. The predicted molar refractivity (Wildman–Crippen MR) is 186 cm³/mol. The summed E-state index contributed by atoms with van der Waals surface area (Å²) < 4.78 is 11.3. The van der Waals surface area contributed by atoms with Crippen molar-refractivity contribution in [2.24, 2.45) is 17.6 Å². The highest BCUT2D eigenvalue weighted by Gasteiger charge is 2.38. The topological polar surface area (TPSA) is 169 Å². The summed E-state index contributed by atoms with van der Waals surface area (Å²) in [5.41, 5.74) is 6.52. The van der Waals surface area contributed by atoms with Gasteiger partial charge in [0.2, 0.25) is 23.6 Å². The first-order valence-electron chi connectivity index (χ1n) is 17.0. The summed E-state index contributed by atoms with van der Waals surface area (Å²) in [4.78, 5) is 67.4. The lowest BCUT2D eigenvalue weighted by atomic mass is 9.98. The van der Waals surface area contributed by atoms with Crippen molar-refractivity contribution in [1.29, 1.82) is 0 Å². The van der Waals surface area contributed by atoms with Gasteiger partial charge < -0.3 is 36.1 Å². The van der Waals surface area contributed by atoms with Gasteiger partial charge in [-0.05, 0) is 75.1 Å². The molecule has 4 atom stereocenters. The molecule has 1 aliphatic heterocycles. The van der Waals surface area contributed by atoms with Gasteiger partial charge in [0.25, 0.3) is 0 Å². The smallest absolute Gasteiger partial charge is 0.408 e. The molecule has 0 spiro atoms. The molecule has 3 rings (SSSR count). The van der Waals surface area contributed by atoms with Crippen LogP contribution in [-0.2, 0) is 36.9 Å². The summed E-state index contributed by atoms with van der Waals surface area (Å²) in [6.45, 7) is 13.3. The van der Waals surface area contributed by atoms with E-state index in [9.17, 15) is 24.0 Å². The van der Waals surface area contributed by atoms with Gasteiger partial charge in [0, 0.05) is 13.0 Å². The minimum atomic E-state index is -1.09. The summed E-state index contributed by atoms with van der Waals surface area (Å²) in [6, 6.07) is 13.2. The van der Waals surface area contributed by atoms with E-state index in [1.807, 2.05) is 56.3 Å². The average Bonchev–Trinajstić information content (AvgIpc) is 3.52. The molecule has 5 N–H and O–H groups in total. The maximum Gasteiger partial charge on any atom is 0.408 e. The summed E-state index contributed by atoms with van der Waals surface area (Å²) in [5.74, 6) is -1.77. The number of hydrogen-bond donors (Lipinski definition) is 4. The fraction of sp³-hybridized carbons (Fsp3) is 0.541. The van der Waals surface area contributed by atoms with Crippen LogP contribution in [0.5, 0.6) is 5.75 Å². The maximum absolute atomic E-state index is 13.8. The van der Waals surface area contributed by atoms with Gasteiger partial charge >= 0.3 is 6.09 Å². The third kappa shape index (κ3) is 12.4. The van der Waals surface area contributed by atoms with E-state index in [1.165, 1.54) is 4.90 Å². The zero-order valence-corrected chi connectivity index (χ0v) is 29.8. The van der Waals surface area contributed by atoms with E-state index in [2.05, 4.69) is 16.0 Å². The van der Waals surface area contributed by atoms with Gasteiger partial charge in [0.1, 0.15) is 42.1 Å². The fourth-order valence-electron chi connectivity index (χ4n) is 5.63. The van der Waals surface area contributed by atoms with E-state index in [0.29, 0.717) is 38.2 Å². The largest absolute Gasteiger partial charge is 0.489 e. The fourth-order valence-corrected chi connectivity index (χ4v) is 5.63. The number of carbonyl (C=O) groups is 5. The lowest BCUT2D eigenvalue weighted by Crippen LogP contribution is -2.59. The number of alkyl carbamates (subject to hydrolysis) is 1. The van der Waals surface area contributed by atoms with Gasteiger partial charge in [-0.1, -0.05) is 70.2 Å². The van der Waals surface area contributed by atoms with Gasteiger partial charge in [-0.25, -0.2) is 4.79 Å². The zero-order chi connectivity index (χ0) is 36.3. The van der Waals surface area contributed by atoms with Crippen LogP contribution in [0.15, 0.2) is 54.6 Å². The van der Waals surface area contributed by atoms with Crippen LogP contribution in [0.25, 0.3) is 0 Å². The molecule has 0 aliphatic carbocycles. The molecule has 0 saturated carbocycles. The number of nitrogens with two attached hydrogens (primary N) is 1. The van der Waals surface area contributed by atoms with Crippen LogP contribution in [0.3, 0.4) is 0 Å². The minimum Gasteiger partial charge on any atom is -0.489 e. The molecule has 5 amide bonds. The van der Waals surface area contributed by atoms with E-state index in [1.54, 1.807) is 46.8 Å². The van der Waals surface area contributed by atoms with Crippen molar-refractivity contribution in [3.8, 4) is 5.75 Å². The Labute approximate surface area is 289 Å². The van der Waals surface area contributed by atoms with Crippen molar-refractivity contribution in [2.75, 3.05) is 6.54 Å². The highest BCUT2D eigenvalue weighted by atomic mass is 16.6. The second kappa shape index (κ2) is 17.7. The second-order valence-electron chi connectivity index (χ2n) is 14.3. The lowest BCUT2D eigenvalue weighted by molar-refractivity contribution is -0.141. The third-order valence-electron chi connectivity index (χ3n) is 8.05. The molecule has 2 aromatic carbocycles. The van der Waals surface area contributed by atoms with Crippen LogP contribution in [0.4, 0.5) is 4.79 Å². The molecule has 1 saturated heterocycles. The highest BCUT2D eigenvalue weighted by molar-refractivity contribution is 5.95. The van der Waals surface area contributed by atoms with Crippen molar-refractivity contribution < 1.29 is 33.4 Å². The number of nitrogens with zero attached hydrogens (tertiary/aromatic N) is 1. The van der Waals surface area contributed by atoms with E-state index >= 15 is 0 Å². The van der Waals surface area contributed by atoms with Crippen molar-refractivity contribution in [3.63, 3.8) is 0 Å². The Morgan fingerprint density at radius 2 is 1.51 bits per heavy atom. The first-order valence-corrected chi connectivity index (χ1v) is 17.0. The first-order chi connectivity index (χ1) is 23.0. The molecule has 0 unspecified atom stereocenters. The Morgan fingerprint density at radius 1 is 0.857 bits per heavy atom. The van der Waals surface area contributed by atoms with E-state index in [0.717, 1.165) is 11.1 Å². The molecule has 1 heterocycles. The summed E-state index contributed by atoms with van der Waals surface area (Å²) >= 11 is 0. The molecule has 0 aromatic heterocycles. The third-order valence-corrected chi connectivity index (χ3v) is 8.05. The molecular weight excluding hydrogens is 626 g/mol. The summed E-state index contributed by atoms with van der Waals surface area (Å²) in [6.07, 6.45) is 0.775. The van der Waals surface area contributed by atoms with Gasteiger partial charge in [-0.2, -0.15) is 0 Å². The van der Waals surface area contributed by atoms with Gasteiger partial charge in [-0.15, -0.1) is 0 Å².